The van der Waals surface area contributed by atoms with Crippen LogP contribution in [0.5, 0.6) is 0 Å². The van der Waals surface area contributed by atoms with Crippen LogP contribution in [0.2, 0.25) is 0 Å². The molecule has 2 atom stereocenters. The van der Waals surface area contributed by atoms with Crippen molar-refractivity contribution in [3.05, 3.63) is 82.3 Å². The number of rotatable bonds is 6. The monoisotopic (exact) mass is 493 g/mol. The van der Waals surface area contributed by atoms with Gasteiger partial charge in [0.05, 0.1) is 5.60 Å². The van der Waals surface area contributed by atoms with Gasteiger partial charge in [-0.3, -0.25) is 0 Å². The molecule has 196 valence electrons. The Balaban J connectivity index is 0.000000360. The van der Waals surface area contributed by atoms with Gasteiger partial charge in [0.25, 0.3) is 0 Å². The fourth-order valence-corrected chi connectivity index (χ4v) is 4.97. The Morgan fingerprint density at radius 3 is 2.17 bits per heavy atom. The van der Waals surface area contributed by atoms with Crippen LogP contribution in [0.1, 0.15) is 79.4 Å². The molecule has 1 aromatic rings. The van der Waals surface area contributed by atoms with Gasteiger partial charge in [-0.1, -0.05) is 38.7 Å². The predicted octanol–water partition coefficient (Wildman–Crippen LogP) is 6.66. The molecule has 0 amide bonds. The number of Topliss-reactive ketones (excluding diaryl/α,β-unsaturated/α-hetero) is 1. The third-order valence-corrected chi connectivity index (χ3v) is 7.60. The van der Waals surface area contributed by atoms with Crippen molar-refractivity contribution in [1.29, 1.82) is 0 Å². The molecular weight excluding hydrogens is 448 g/mol. The van der Waals surface area contributed by atoms with Gasteiger partial charge >= 0.3 is 107 Å². The zero-order chi connectivity index (χ0) is 27.8. The van der Waals surface area contributed by atoms with Crippen LogP contribution in [0.4, 0.5) is 4.39 Å². The number of carbonyl (C=O) groups is 1. The van der Waals surface area contributed by atoms with Crippen molar-refractivity contribution in [2.45, 2.75) is 80.8 Å². The standard InChI is InChI=1S/C17H28O.C14H17BFNO/c1-7-9-16(12(3)8-2)15-10-13(4)17(6,18)14(5)11-15;1-8-6-5-7-12(16)13(8)9(2)15-14(10(3)17)11(4)18/h7-9,13-15,18H,2,10-11H2,1,3-6H3;5-7H,17H2,1-4H3/b9-7-,16-12+;14-10+. The molecule has 0 aliphatic heterocycles. The van der Waals surface area contributed by atoms with Crippen LogP contribution in [0, 0.1) is 30.5 Å². The molecule has 0 saturated heterocycles. The van der Waals surface area contributed by atoms with Gasteiger partial charge < -0.3 is 5.11 Å². The summed E-state index contributed by atoms with van der Waals surface area (Å²) in [5, 5.41) is 10.5. The maximum absolute atomic E-state index is 13.8. The van der Waals surface area contributed by atoms with E-state index in [0.717, 1.165) is 18.4 Å². The van der Waals surface area contributed by atoms with E-state index in [1.54, 1.807) is 26.8 Å². The SMILES string of the molecule is C=C/C(C)=C(\C=C/C)C1CC(C)C(C)(O)C(C)C1.CC(=O)/C(B=C(C)c1c(C)cccc1F)=C(/C)N. The van der Waals surface area contributed by atoms with E-state index in [-0.39, 0.29) is 11.6 Å². The van der Waals surface area contributed by atoms with E-state index in [9.17, 15) is 14.3 Å². The quantitative estimate of drug-likeness (QED) is 0.265. The Morgan fingerprint density at radius 2 is 1.75 bits per heavy atom. The van der Waals surface area contributed by atoms with Crippen molar-refractivity contribution in [2.75, 3.05) is 0 Å². The zero-order valence-corrected chi connectivity index (χ0v) is 23.7. The van der Waals surface area contributed by atoms with Crippen molar-refractivity contribution in [3.63, 3.8) is 0 Å². The van der Waals surface area contributed by atoms with Gasteiger partial charge in [-0.05, 0) is 62.5 Å². The van der Waals surface area contributed by atoms with Gasteiger partial charge in [-0.25, -0.2) is 0 Å². The van der Waals surface area contributed by atoms with Gasteiger partial charge in [-0.2, -0.15) is 0 Å². The Bertz CT molecular complexity index is 1040. The molecule has 5 heteroatoms. The van der Waals surface area contributed by atoms with Crippen molar-refractivity contribution in [1.82, 2.24) is 0 Å². The second-order valence-electron chi connectivity index (χ2n) is 10.5. The third-order valence-electron chi connectivity index (χ3n) is 7.60. The first-order chi connectivity index (χ1) is 16.7. The van der Waals surface area contributed by atoms with Gasteiger partial charge in [0.15, 0.2) is 0 Å². The number of ketones is 1. The van der Waals surface area contributed by atoms with E-state index in [2.05, 4.69) is 46.4 Å². The molecule has 1 saturated carbocycles. The van der Waals surface area contributed by atoms with E-state index in [1.165, 1.54) is 24.1 Å². The first kappa shape index (κ1) is 31.5. The average molecular weight is 494 g/mol. The minimum absolute atomic E-state index is 0.122. The van der Waals surface area contributed by atoms with E-state index in [4.69, 9.17) is 5.73 Å². The third kappa shape index (κ3) is 7.99. The van der Waals surface area contributed by atoms with Crippen LogP contribution in [0.15, 0.2) is 65.3 Å². The fourth-order valence-electron chi connectivity index (χ4n) is 4.97. The molecule has 2 unspecified atom stereocenters. The molecule has 1 aromatic carbocycles. The molecular formula is C31H45BFNO2. The second kappa shape index (κ2) is 13.7. The molecule has 3 nitrogen and oxygen atoms in total. The predicted molar refractivity (Wildman–Crippen MR) is 154 cm³/mol. The molecule has 1 aliphatic rings. The van der Waals surface area contributed by atoms with Crippen LogP contribution in [-0.2, 0) is 4.79 Å². The molecule has 1 fully saturated rings. The van der Waals surface area contributed by atoms with E-state index >= 15 is 0 Å². The summed E-state index contributed by atoms with van der Waals surface area (Å²) in [4.78, 5) is 11.4. The summed E-state index contributed by atoms with van der Waals surface area (Å²) in [6.45, 7) is 22.7. The van der Waals surface area contributed by atoms with E-state index < -0.39 is 5.60 Å². The van der Waals surface area contributed by atoms with Crippen molar-refractivity contribution < 1.29 is 14.3 Å². The Labute approximate surface area is 219 Å². The van der Waals surface area contributed by atoms with Gasteiger partial charge in [-0.15, -0.1) is 0 Å². The van der Waals surface area contributed by atoms with Gasteiger partial charge in [0.1, 0.15) is 0 Å². The number of aryl methyl sites for hydroxylation is 1. The number of hydrogen-bond donors (Lipinski definition) is 2. The number of allylic oxidation sites excluding steroid dienone is 7. The molecule has 3 N–H and O–H groups in total. The zero-order valence-electron chi connectivity index (χ0n) is 23.7. The van der Waals surface area contributed by atoms with Crippen molar-refractivity contribution >= 4 is 18.2 Å². The molecule has 0 aromatic heterocycles. The summed E-state index contributed by atoms with van der Waals surface area (Å²) in [6.07, 6.45) is 8.37. The first-order valence-electron chi connectivity index (χ1n) is 12.8. The van der Waals surface area contributed by atoms with Crippen LogP contribution in [-0.4, -0.2) is 28.9 Å². The van der Waals surface area contributed by atoms with Crippen molar-refractivity contribution in [2.24, 2.45) is 23.5 Å². The van der Waals surface area contributed by atoms with Gasteiger partial charge in [0, 0.05) is 0 Å². The van der Waals surface area contributed by atoms with Crippen LogP contribution < -0.4 is 5.73 Å². The number of aliphatic hydroxyl groups is 1. The summed E-state index contributed by atoms with van der Waals surface area (Å²) >= 11 is 0. The number of halogens is 1. The minimum atomic E-state index is -0.528. The Hall–Kier alpha value is -2.53. The van der Waals surface area contributed by atoms with E-state index in [1.807, 2.05) is 26.0 Å². The fraction of sp³-hybridized carbons (Fsp3) is 0.484. The average Bonchev–Trinajstić information content (AvgIpc) is 2.79. The topological polar surface area (TPSA) is 63.3 Å². The maximum atomic E-state index is 13.8. The number of carbonyl (C=O) groups excluding carboxylic acids is 1. The first-order valence-corrected chi connectivity index (χ1v) is 12.8. The number of benzene rings is 1. The van der Waals surface area contributed by atoms with Crippen LogP contribution >= 0.6 is 0 Å². The Morgan fingerprint density at radius 1 is 1.19 bits per heavy atom. The summed E-state index contributed by atoms with van der Waals surface area (Å²) in [6, 6.07) is 4.91. The van der Waals surface area contributed by atoms with E-state index in [0.29, 0.717) is 39.9 Å². The van der Waals surface area contributed by atoms with Gasteiger partial charge in [0.2, 0.25) is 0 Å². The molecule has 36 heavy (non-hydrogen) atoms. The van der Waals surface area contributed by atoms with Crippen LogP contribution in [0.25, 0.3) is 0 Å². The van der Waals surface area contributed by atoms with Crippen molar-refractivity contribution in [3.8, 4) is 0 Å². The molecule has 0 bridgehead atoms. The summed E-state index contributed by atoms with van der Waals surface area (Å²) in [5.74, 6) is 0.808. The number of hydrogen-bond acceptors (Lipinski definition) is 3. The molecule has 2 rings (SSSR count). The van der Waals surface area contributed by atoms with Crippen LogP contribution in [0.3, 0.4) is 0 Å². The molecule has 0 radical (unpaired) electrons. The summed E-state index contributed by atoms with van der Waals surface area (Å²) < 4.78 is 13.8. The molecule has 0 heterocycles. The summed E-state index contributed by atoms with van der Waals surface area (Å²) in [5.41, 5.74) is 10.7. The summed E-state index contributed by atoms with van der Waals surface area (Å²) in [7, 11) is 0. The normalized spacial score (nSPS) is 25.8. The number of nitrogens with two attached hydrogens (primary N) is 1. The second-order valence-corrected chi connectivity index (χ2v) is 10.5. The molecule has 1 aliphatic carbocycles. The molecule has 0 spiro atoms. The Kier molecular flexibility index (Phi) is 12.0.